The van der Waals surface area contributed by atoms with Crippen LogP contribution >= 0.6 is 0 Å². The minimum atomic E-state index is -0.347. The third-order valence-electron chi connectivity index (χ3n) is 5.46. The summed E-state index contributed by atoms with van der Waals surface area (Å²) in [5, 5.41) is 3.01. The largest absolute Gasteiger partial charge is 0.493 e. The summed E-state index contributed by atoms with van der Waals surface area (Å²) >= 11 is 0. The molecular formula is C23H30N2O3. The first kappa shape index (κ1) is 20.2. The molecule has 3 N–H and O–H groups in total. The van der Waals surface area contributed by atoms with Gasteiger partial charge in [-0.05, 0) is 37.3 Å². The highest BCUT2D eigenvalue weighted by Gasteiger charge is 2.24. The molecule has 1 aliphatic carbocycles. The highest BCUT2D eigenvalue weighted by Crippen LogP contribution is 2.35. The SMILES string of the molecule is COc1cccc(CNC(=O)C(C)C(N)c2ccccc2)c1OC1CCCC1. The van der Waals surface area contributed by atoms with Crippen LogP contribution in [-0.2, 0) is 11.3 Å². The Labute approximate surface area is 167 Å². The van der Waals surface area contributed by atoms with Crippen molar-refractivity contribution in [3.8, 4) is 11.5 Å². The predicted molar refractivity (Wildman–Crippen MR) is 110 cm³/mol. The van der Waals surface area contributed by atoms with Gasteiger partial charge in [-0.2, -0.15) is 0 Å². The van der Waals surface area contributed by atoms with E-state index in [1.807, 2.05) is 55.5 Å². The van der Waals surface area contributed by atoms with Crippen molar-refractivity contribution in [1.29, 1.82) is 0 Å². The molecule has 1 amide bonds. The van der Waals surface area contributed by atoms with E-state index in [0.717, 1.165) is 29.7 Å². The van der Waals surface area contributed by atoms with Crippen molar-refractivity contribution in [3.63, 3.8) is 0 Å². The molecule has 3 rings (SSSR count). The second kappa shape index (κ2) is 9.60. The summed E-state index contributed by atoms with van der Waals surface area (Å²) in [7, 11) is 1.64. The van der Waals surface area contributed by atoms with Gasteiger partial charge in [-0.3, -0.25) is 4.79 Å². The lowest BCUT2D eigenvalue weighted by molar-refractivity contribution is -0.125. The molecule has 2 atom stereocenters. The Kier molecular flexibility index (Phi) is 6.93. The van der Waals surface area contributed by atoms with Crippen LogP contribution in [0.3, 0.4) is 0 Å². The molecule has 0 aliphatic heterocycles. The Morgan fingerprint density at radius 2 is 1.86 bits per heavy atom. The van der Waals surface area contributed by atoms with Gasteiger partial charge in [0.15, 0.2) is 11.5 Å². The maximum Gasteiger partial charge on any atom is 0.225 e. The van der Waals surface area contributed by atoms with E-state index in [-0.39, 0.29) is 24.0 Å². The minimum Gasteiger partial charge on any atom is -0.493 e. The zero-order valence-corrected chi connectivity index (χ0v) is 16.7. The molecule has 5 nitrogen and oxygen atoms in total. The second-order valence-corrected chi connectivity index (χ2v) is 7.42. The molecule has 1 saturated carbocycles. The van der Waals surface area contributed by atoms with E-state index in [0.29, 0.717) is 12.3 Å². The number of amides is 1. The Balaban J connectivity index is 1.67. The molecular weight excluding hydrogens is 352 g/mol. The summed E-state index contributed by atoms with van der Waals surface area (Å²) in [5.74, 6) is 1.02. The summed E-state index contributed by atoms with van der Waals surface area (Å²) < 4.78 is 11.7. The number of hydrogen-bond donors (Lipinski definition) is 2. The third-order valence-corrected chi connectivity index (χ3v) is 5.46. The molecule has 2 unspecified atom stereocenters. The van der Waals surface area contributed by atoms with Crippen molar-refractivity contribution in [2.75, 3.05) is 7.11 Å². The molecule has 1 fully saturated rings. The number of para-hydroxylation sites is 1. The van der Waals surface area contributed by atoms with Gasteiger partial charge in [-0.15, -0.1) is 0 Å². The Morgan fingerprint density at radius 1 is 1.14 bits per heavy atom. The summed E-state index contributed by atoms with van der Waals surface area (Å²) in [5.41, 5.74) is 8.16. The lowest BCUT2D eigenvalue weighted by Gasteiger charge is -2.22. The maximum absolute atomic E-state index is 12.7. The van der Waals surface area contributed by atoms with Crippen molar-refractivity contribution in [3.05, 3.63) is 59.7 Å². The lowest BCUT2D eigenvalue weighted by Crippen LogP contribution is -2.35. The van der Waals surface area contributed by atoms with Crippen molar-refractivity contribution in [1.82, 2.24) is 5.32 Å². The number of ether oxygens (including phenoxy) is 2. The average molecular weight is 383 g/mol. The zero-order valence-electron chi connectivity index (χ0n) is 16.7. The van der Waals surface area contributed by atoms with Crippen molar-refractivity contribution in [2.24, 2.45) is 11.7 Å². The van der Waals surface area contributed by atoms with E-state index in [1.54, 1.807) is 7.11 Å². The Bertz CT molecular complexity index is 773. The van der Waals surface area contributed by atoms with E-state index in [1.165, 1.54) is 12.8 Å². The zero-order chi connectivity index (χ0) is 19.9. The van der Waals surface area contributed by atoms with Crippen LogP contribution in [0.4, 0.5) is 0 Å². The molecule has 1 aliphatic rings. The first-order valence-electron chi connectivity index (χ1n) is 10.0. The van der Waals surface area contributed by atoms with Gasteiger partial charge in [0.2, 0.25) is 5.91 Å². The minimum absolute atomic E-state index is 0.0778. The van der Waals surface area contributed by atoms with Gasteiger partial charge in [0.05, 0.1) is 19.1 Å². The van der Waals surface area contributed by atoms with Crippen LogP contribution in [-0.4, -0.2) is 19.1 Å². The van der Waals surface area contributed by atoms with E-state index in [4.69, 9.17) is 15.2 Å². The molecule has 2 aromatic carbocycles. The van der Waals surface area contributed by atoms with Crippen LogP contribution in [0.1, 0.15) is 49.8 Å². The average Bonchev–Trinajstić information content (AvgIpc) is 3.25. The first-order valence-corrected chi connectivity index (χ1v) is 10.0. The fraction of sp³-hybridized carbons (Fsp3) is 0.435. The number of nitrogens with one attached hydrogen (secondary N) is 1. The van der Waals surface area contributed by atoms with Crippen LogP contribution in [0.5, 0.6) is 11.5 Å². The van der Waals surface area contributed by atoms with Gasteiger partial charge in [0.25, 0.3) is 0 Å². The molecule has 150 valence electrons. The van der Waals surface area contributed by atoms with E-state index < -0.39 is 0 Å². The molecule has 0 bridgehead atoms. The normalized spacial score (nSPS) is 16.4. The van der Waals surface area contributed by atoms with Crippen LogP contribution in [0, 0.1) is 5.92 Å². The number of methoxy groups -OCH3 is 1. The molecule has 5 heteroatoms. The van der Waals surface area contributed by atoms with E-state index >= 15 is 0 Å². The number of benzene rings is 2. The quantitative estimate of drug-likeness (QED) is 0.724. The van der Waals surface area contributed by atoms with Gasteiger partial charge >= 0.3 is 0 Å². The van der Waals surface area contributed by atoms with Crippen LogP contribution < -0.4 is 20.5 Å². The Hall–Kier alpha value is -2.53. The molecule has 0 heterocycles. The number of rotatable bonds is 8. The molecule has 0 spiro atoms. The first-order chi connectivity index (χ1) is 13.6. The van der Waals surface area contributed by atoms with Gasteiger partial charge in [-0.1, -0.05) is 49.4 Å². The fourth-order valence-electron chi connectivity index (χ4n) is 3.64. The Morgan fingerprint density at radius 3 is 2.54 bits per heavy atom. The highest BCUT2D eigenvalue weighted by atomic mass is 16.5. The number of nitrogens with two attached hydrogens (primary N) is 1. The predicted octanol–water partition coefficient (Wildman–Crippen LogP) is 3.97. The van der Waals surface area contributed by atoms with Gasteiger partial charge in [-0.25, -0.2) is 0 Å². The topological polar surface area (TPSA) is 73.6 Å². The summed E-state index contributed by atoms with van der Waals surface area (Å²) in [4.78, 5) is 12.7. The second-order valence-electron chi connectivity index (χ2n) is 7.42. The molecule has 2 aromatic rings. The fourth-order valence-corrected chi connectivity index (χ4v) is 3.64. The molecule has 0 aromatic heterocycles. The van der Waals surface area contributed by atoms with Crippen molar-refractivity contribution >= 4 is 5.91 Å². The number of carbonyl (C=O) groups excluding carboxylic acids is 1. The van der Waals surface area contributed by atoms with Crippen LogP contribution in [0.2, 0.25) is 0 Å². The lowest BCUT2D eigenvalue weighted by atomic mass is 9.94. The number of hydrogen-bond acceptors (Lipinski definition) is 4. The highest BCUT2D eigenvalue weighted by molar-refractivity contribution is 5.79. The third kappa shape index (κ3) is 4.84. The summed E-state index contributed by atoms with van der Waals surface area (Å²) in [6.07, 6.45) is 4.73. The number of carbonyl (C=O) groups is 1. The van der Waals surface area contributed by atoms with Crippen molar-refractivity contribution in [2.45, 2.75) is 51.3 Å². The molecule has 0 radical (unpaired) electrons. The van der Waals surface area contributed by atoms with Crippen LogP contribution in [0.25, 0.3) is 0 Å². The summed E-state index contributed by atoms with van der Waals surface area (Å²) in [6.45, 7) is 2.23. The maximum atomic E-state index is 12.7. The van der Waals surface area contributed by atoms with Gasteiger partial charge in [0, 0.05) is 18.2 Å². The van der Waals surface area contributed by atoms with Gasteiger partial charge in [0.1, 0.15) is 0 Å². The standard InChI is InChI=1S/C23H30N2O3/c1-16(21(24)17-9-4-3-5-10-17)23(26)25-15-18-11-8-14-20(27-2)22(18)28-19-12-6-7-13-19/h3-5,8-11,14,16,19,21H,6-7,12-13,15,24H2,1-2H3,(H,25,26). The van der Waals surface area contributed by atoms with Crippen LogP contribution in [0.15, 0.2) is 48.5 Å². The van der Waals surface area contributed by atoms with Crippen molar-refractivity contribution < 1.29 is 14.3 Å². The summed E-state index contributed by atoms with van der Waals surface area (Å²) in [6, 6.07) is 15.1. The molecule has 0 saturated heterocycles. The van der Waals surface area contributed by atoms with E-state index in [9.17, 15) is 4.79 Å². The van der Waals surface area contributed by atoms with E-state index in [2.05, 4.69) is 5.32 Å². The monoisotopic (exact) mass is 382 g/mol. The van der Waals surface area contributed by atoms with Gasteiger partial charge < -0.3 is 20.5 Å². The molecule has 28 heavy (non-hydrogen) atoms. The smallest absolute Gasteiger partial charge is 0.225 e.